The summed E-state index contributed by atoms with van der Waals surface area (Å²) in [6.07, 6.45) is 5.37. The molecule has 3 aromatic rings. The van der Waals surface area contributed by atoms with Gasteiger partial charge in [-0.1, -0.05) is 0 Å². The van der Waals surface area contributed by atoms with Crippen LogP contribution in [0.2, 0.25) is 0 Å². The number of nitrogens with zero attached hydrogens (tertiary/aromatic N) is 4. The van der Waals surface area contributed by atoms with E-state index in [1.165, 1.54) is 17.2 Å². The van der Waals surface area contributed by atoms with Gasteiger partial charge in [0.15, 0.2) is 15.4 Å². The predicted octanol–water partition coefficient (Wildman–Crippen LogP) is 3.56. The van der Waals surface area contributed by atoms with Crippen molar-refractivity contribution in [2.45, 2.75) is 55.9 Å². The highest BCUT2D eigenvalue weighted by Crippen LogP contribution is 2.27. The number of piperidine rings is 1. The average molecular weight is 501 g/mol. The zero-order valence-corrected chi connectivity index (χ0v) is 20.7. The molecule has 0 radical (unpaired) electrons. The zero-order chi connectivity index (χ0) is 25.2. The quantitative estimate of drug-likeness (QED) is 0.471. The van der Waals surface area contributed by atoms with Crippen molar-refractivity contribution in [3.63, 3.8) is 0 Å². The summed E-state index contributed by atoms with van der Waals surface area (Å²) in [4.78, 5) is 35.2. The van der Waals surface area contributed by atoms with Gasteiger partial charge in [-0.15, -0.1) is 0 Å². The number of carbonyl (C=O) groups excluding carboxylic acids is 2. The lowest BCUT2D eigenvalue weighted by Crippen LogP contribution is -2.44. The molecule has 1 saturated heterocycles. The van der Waals surface area contributed by atoms with Crippen molar-refractivity contribution in [2.24, 2.45) is 0 Å². The van der Waals surface area contributed by atoms with Crippen LogP contribution in [0.15, 0.2) is 52.2 Å². The molecule has 1 aliphatic rings. The summed E-state index contributed by atoms with van der Waals surface area (Å²) in [6, 6.07) is 6.60. The van der Waals surface area contributed by atoms with Crippen molar-refractivity contribution < 1.29 is 27.2 Å². The molecule has 186 valence electrons. The SMILES string of the molecule is CC(C)(C)OC(=O)N1CCC(S(=O)(=O)c2ccc(CN(C=O)c3cc4ccncc4o3)nc2)CC1. The van der Waals surface area contributed by atoms with E-state index in [1.54, 1.807) is 56.3 Å². The molecule has 10 nitrogen and oxygen atoms in total. The standard InChI is InChI=1S/C24H28N4O6S/c1-24(2,3)34-23(30)27-10-7-19(8-11-27)35(31,32)20-5-4-18(26-13-20)15-28(16-29)22-12-17-6-9-25-14-21(17)33-22/h4-6,9,12-14,16,19H,7-8,10-11,15H2,1-3H3. The first-order valence-electron chi connectivity index (χ1n) is 11.3. The third-order valence-electron chi connectivity index (χ3n) is 5.71. The number of carbonyl (C=O) groups is 2. The van der Waals surface area contributed by atoms with Crippen LogP contribution in [-0.2, 0) is 25.9 Å². The molecule has 0 N–H and O–H groups in total. The maximum absolute atomic E-state index is 13.1. The number of fused-ring (bicyclic) bond motifs is 1. The topological polar surface area (TPSA) is 123 Å². The largest absolute Gasteiger partial charge is 0.444 e. The minimum Gasteiger partial charge on any atom is -0.444 e. The Morgan fingerprint density at radius 3 is 2.57 bits per heavy atom. The molecule has 2 amide bonds. The maximum atomic E-state index is 13.1. The molecule has 4 rings (SSSR count). The number of aromatic nitrogens is 2. The molecule has 35 heavy (non-hydrogen) atoms. The summed E-state index contributed by atoms with van der Waals surface area (Å²) < 4.78 is 37.3. The van der Waals surface area contributed by atoms with Crippen molar-refractivity contribution in [1.29, 1.82) is 0 Å². The van der Waals surface area contributed by atoms with Crippen LogP contribution in [0.4, 0.5) is 10.7 Å². The fourth-order valence-corrected chi connectivity index (χ4v) is 5.57. The molecule has 1 fully saturated rings. The Kier molecular flexibility index (Phi) is 6.79. The molecule has 0 unspecified atom stereocenters. The van der Waals surface area contributed by atoms with Crippen molar-refractivity contribution in [3.05, 3.63) is 48.5 Å². The van der Waals surface area contributed by atoms with Crippen LogP contribution in [0, 0.1) is 0 Å². The summed E-state index contributed by atoms with van der Waals surface area (Å²) in [6.45, 7) is 6.12. The van der Waals surface area contributed by atoms with Gasteiger partial charge in [-0.25, -0.2) is 13.2 Å². The zero-order valence-electron chi connectivity index (χ0n) is 19.9. The second kappa shape index (κ2) is 9.65. The van der Waals surface area contributed by atoms with Gasteiger partial charge >= 0.3 is 6.09 Å². The number of hydrogen-bond acceptors (Lipinski definition) is 8. The first kappa shape index (κ1) is 24.6. The molecular formula is C24H28N4O6S. The van der Waals surface area contributed by atoms with Gasteiger partial charge in [0.05, 0.1) is 28.6 Å². The number of likely N-dealkylation sites (tertiary alicyclic amines) is 1. The molecule has 0 aliphatic carbocycles. The molecule has 0 saturated carbocycles. The molecule has 0 spiro atoms. The van der Waals surface area contributed by atoms with Crippen molar-refractivity contribution in [2.75, 3.05) is 18.0 Å². The van der Waals surface area contributed by atoms with Crippen LogP contribution in [0.5, 0.6) is 0 Å². The van der Waals surface area contributed by atoms with E-state index in [4.69, 9.17) is 9.15 Å². The minimum absolute atomic E-state index is 0.115. The van der Waals surface area contributed by atoms with Gasteiger partial charge < -0.3 is 14.1 Å². The maximum Gasteiger partial charge on any atom is 0.410 e. The van der Waals surface area contributed by atoms with Gasteiger partial charge in [-0.2, -0.15) is 0 Å². The fourth-order valence-electron chi connectivity index (χ4n) is 3.89. The second-order valence-corrected chi connectivity index (χ2v) is 11.7. The van der Waals surface area contributed by atoms with Crippen molar-refractivity contribution in [3.8, 4) is 0 Å². The Balaban J connectivity index is 1.40. The molecule has 4 heterocycles. The summed E-state index contributed by atoms with van der Waals surface area (Å²) in [5.41, 5.74) is 0.463. The molecule has 0 atom stereocenters. The Labute approximate surface area is 203 Å². The predicted molar refractivity (Wildman–Crippen MR) is 129 cm³/mol. The van der Waals surface area contributed by atoms with E-state index in [0.717, 1.165) is 5.39 Å². The van der Waals surface area contributed by atoms with Crippen LogP contribution < -0.4 is 4.90 Å². The highest BCUT2D eigenvalue weighted by Gasteiger charge is 2.34. The van der Waals surface area contributed by atoms with Gasteiger partial charge in [0.1, 0.15) is 5.60 Å². The van der Waals surface area contributed by atoms with E-state index in [0.29, 0.717) is 49.5 Å². The third kappa shape index (κ3) is 5.61. The van der Waals surface area contributed by atoms with Crippen LogP contribution in [0.25, 0.3) is 11.0 Å². The third-order valence-corrected chi connectivity index (χ3v) is 7.96. The molecule has 0 bridgehead atoms. The van der Waals surface area contributed by atoms with Crippen LogP contribution in [-0.4, -0.2) is 59.7 Å². The fraction of sp³-hybridized carbons (Fsp3) is 0.417. The van der Waals surface area contributed by atoms with Crippen molar-refractivity contribution >= 4 is 39.2 Å². The van der Waals surface area contributed by atoms with Crippen LogP contribution in [0.3, 0.4) is 0 Å². The van der Waals surface area contributed by atoms with E-state index < -0.39 is 26.8 Å². The summed E-state index contributed by atoms with van der Waals surface area (Å²) in [5.74, 6) is 0.346. The smallest absolute Gasteiger partial charge is 0.410 e. The van der Waals surface area contributed by atoms with Crippen molar-refractivity contribution in [1.82, 2.24) is 14.9 Å². The van der Waals surface area contributed by atoms with Gasteiger partial charge in [-0.05, 0) is 51.8 Å². The monoisotopic (exact) mass is 500 g/mol. The van der Waals surface area contributed by atoms with Gasteiger partial charge in [0, 0.05) is 36.9 Å². The first-order chi connectivity index (χ1) is 16.6. The Hall–Kier alpha value is -3.47. The molecule has 1 aliphatic heterocycles. The average Bonchev–Trinajstić information content (AvgIpc) is 3.26. The lowest BCUT2D eigenvalue weighted by molar-refractivity contribution is -0.107. The molecule has 0 aromatic carbocycles. The number of amides is 2. The number of furan rings is 1. The molecule has 11 heteroatoms. The number of rotatable bonds is 6. The van der Waals surface area contributed by atoms with Gasteiger partial charge in [0.2, 0.25) is 12.3 Å². The number of ether oxygens (including phenoxy) is 1. The second-order valence-electron chi connectivity index (χ2n) is 9.43. The Bertz CT molecular complexity index is 1270. The number of pyridine rings is 2. The van der Waals surface area contributed by atoms with E-state index in [1.807, 2.05) is 0 Å². The lowest BCUT2D eigenvalue weighted by Gasteiger charge is -2.33. The van der Waals surface area contributed by atoms with E-state index in [2.05, 4.69) is 9.97 Å². The number of hydrogen-bond donors (Lipinski definition) is 0. The highest BCUT2D eigenvalue weighted by molar-refractivity contribution is 7.92. The Morgan fingerprint density at radius 1 is 1.23 bits per heavy atom. The minimum atomic E-state index is -3.62. The van der Waals surface area contributed by atoms with Crippen LogP contribution >= 0.6 is 0 Å². The van der Waals surface area contributed by atoms with E-state index in [-0.39, 0.29) is 11.4 Å². The summed E-state index contributed by atoms with van der Waals surface area (Å²) >= 11 is 0. The number of anilines is 1. The highest BCUT2D eigenvalue weighted by atomic mass is 32.2. The van der Waals surface area contributed by atoms with Gasteiger partial charge in [0.25, 0.3) is 0 Å². The summed E-state index contributed by atoms with van der Waals surface area (Å²) in [5, 5.41) is 0.207. The van der Waals surface area contributed by atoms with Gasteiger partial charge in [-0.3, -0.25) is 19.7 Å². The lowest BCUT2D eigenvalue weighted by atomic mass is 10.1. The first-order valence-corrected chi connectivity index (χ1v) is 12.8. The molecule has 3 aromatic heterocycles. The van der Waals surface area contributed by atoms with Crippen LogP contribution in [0.1, 0.15) is 39.3 Å². The van der Waals surface area contributed by atoms with E-state index in [9.17, 15) is 18.0 Å². The number of sulfone groups is 1. The summed E-state index contributed by atoms with van der Waals surface area (Å²) in [7, 11) is -3.62. The Morgan fingerprint density at radius 2 is 1.97 bits per heavy atom. The van der Waals surface area contributed by atoms with E-state index >= 15 is 0 Å². The molecular weight excluding hydrogens is 472 g/mol. The normalized spacial score (nSPS) is 15.2.